The Morgan fingerprint density at radius 1 is 1.16 bits per heavy atom. The van der Waals surface area contributed by atoms with Crippen molar-refractivity contribution in [3.63, 3.8) is 0 Å². The van der Waals surface area contributed by atoms with E-state index < -0.39 is 0 Å². The molecule has 0 radical (unpaired) electrons. The molecule has 5 heteroatoms. The predicted molar refractivity (Wildman–Crippen MR) is 70.5 cm³/mol. The van der Waals surface area contributed by atoms with Gasteiger partial charge in [-0.25, -0.2) is 0 Å². The molecule has 0 aromatic heterocycles. The van der Waals surface area contributed by atoms with Crippen LogP contribution in [0.15, 0.2) is 24.3 Å². The molecule has 104 valence electrons. The Labute approximate surface area is 112 Å². The van der Waals surface area contributed by atoms with Crippen LogP contribution in [0.3, 0.4) is 0 Å². The van der Waals surface area contributed by atoms with Crippen LogP contribution in [0.4, 0.5) is 0 Å². The van der Waals surface area contributed by atoms with E-state index in [0.29, 0.717) is 13.2 Å². The standard InChI is InChI=1S/C14H19NO4/c1-3-19-14(17)10-15-9-12-7-5-4-6-11(12)8-13(16)18-2/h4-7,15H,3,8-10H2,1-2H3. The molecule has 0 aliphatic carbocycles. The van der Waals surface area contributed by atoms with Gasteiger partial charge in [-0.15, -0.1) is 0 Å². The molecule has 0 heterocycles. The molecule has 5 nitrogen and oxygen atoms in total. The van der Waals surface area contributed by atoms with E-state index in [1.807, 2.05) is 24.3 Å². The van der Waals surface area contributed by atoms with Crippen LogP contribution in [-0.2, 0) is 32.0 Å². The summed E-state index contributed by atoms with van der Waals surface area (Å²) in [5.41, 5.74) is 1.86. The summed E-state index contributed by atoms with van der Waals surface area (Å²) in [6.45, 7) is 2.80. The molecule has 0 spiro atoms. The summed E-state index contributed by atoms with van der Waals surface area (Å²) in [4.78, 5) is 22.5. The molecule has 0 atom stereocenters. The van der Waals surface area contributed by atoms with Crippen LogP contribution >= 0.6 is 0 Å². The predicted octanol–water partition coefficient (Wildman–Crippen LogP) is 1.05. The van der Waals surface area contributed by atoms with E-state index in [1.165, 1.54) is 7.11 Å². The third kappa shape index (κ3) is 5.52. The number of carbonyl (C=O) groups is 2. The minimum atomic E-state index is -0.284. The number of benzene rings is 1. The Bertz CT molecular complexity index is 431. The van der Waals surface area contributed by atoms with E-state index in [4.69, 9.17) is 4.74 Å². The first-order valence-electron chi connectivity index (χ1n) is 6.17. The van der Waals surface area contributed by atoms with Crippen LogP contribution in [0.25, 0.3) is 0 Å². The van der Waals surface area contributed by atoms with Crippen LogP contribution in [-0.4, -0.2) is 32.2 Å². The van der Waals surface area contributed by atoms with Crippen molar-refractivity contribution < 1.29 is 19.1 Å². The van der Waals surface area contributed by atoms with Crippen molar-refractivity contribution >= 4 is 11.9 Å². The minimum absolute atomic E-state index is 0.153. The third-order valence-corrected chi connectivity index (χ3v) is 2.57. The van der Waals surface area contributed by atoms with Gasteiger partial charge in [-0.05, 0) is 18.1 Å². The Balaban J connectivity index is 2.53. The highest BCUT2D eigenvalue weighted by Gasteiger charge is 2.08. The van der Waals surface area contributed by atoms with Gasteiger partial charge in [0.1, 0.15) is 0 Å². The first-order chi connectivity index (χ1) is 9.17. The minimum Gasteiger partial charge on any atom is -0.469 e. The van der Waals surface area contributed by atoms with Crippen molar-refractivity contribution in [2.24, 2.45) is 0 Å². The molecule has 0 unspecified atom stereocenters. The van der Waals surface area contributed by atoms with Crippen molar-refractivity contribution in [2.45, 2.75) is 19.9 Å². The molecule has 19 heavy (non-hydrogen) atoms. The Kier molecular flexibility index (Phi) is 6.60. The number of ether oxygens (including phenoxy) is 2. The molecule has 1 rings (SSSR count). The third-order valence-electron chi connectivity index (χ3n) is 2.57. The molecule has 1 aromatic rings. The summed E-state index contributed by atoms with van der Waals surface area (Å²) in [6, 6.07) is 7.55. The van der Waals surface area contributed by atoms with Crippen molar-refractivity contribution in [2.75, 3.05) is 20.3 Å². The maximum Gasteiger partial charge on any atom is 0.319 e. The van der Waals surface area contributed by atoms with Gasteiger partial charge in [0, 0.05) is 6.54 Å². The average Bonchev–Trinajstić information content (AvgIpc) is 2.41. The zero-order chi connectivity index (χ0) is 14.1. The molecule has 0 saturated carbocycles. The lowest BCUT2D eigenvalue weighted by Gasteiger charge is -2.09. The second kappa shape index (κ2) is 8.26. The lowest BCUT2D eigenvalue weighted by Crippen LogP contribution is -2.25. The maximum absolute atomic E-state index is 11.3. The van der Waals surface area contributed by atoms with Crippen LogP contribution in [0.1, 0.15) is 18.1 Å². The SMILES string of the molecule is CCOC(=O)CNCc1ccccc1CC(=O)OC. The normalized spacial score (nSPS) is 10.0. The summed E-state index contributed by atoms with van der Waals surface area (Å²) in [5.74, 6) is -0.564. The largest absolute Gasteiger partial charge is 0.469 e. The van der Waals surface area contributed by atoms with Crippen molar-refractivity contribution in [3.8, 4) is 0 Å². The zero-order valence-corrected chi connectivity index (χ0v) is 11.3. The molecular formula is C14H19NO4. The number of hydrogen-bond acceptors (Lipinski definition) is 5. The van der Waals surface area contributed by atoms with Gasteiger partial charge in [0.05, 0.1) is 26.7 Å². The summed E-state index contributed by atoms with van der Waals surface area (Å²) in [6.07, 6.45) is 0.230. The molecule has 0 aliphatic rings. The van der Waals surface area contributed by atoms with Crippen LogP contribution in [0.5, 0.6) is 0 Å². The van der Waals surface area contributed by atoms with Crippen LogP contribution in [0, 0.1) is 0 Å². The molecule has 0 fully saturated rings. The highest BCUT2D eigenvalue weighted by atomic mass is 16.5. The highest BCUT2D eigenvalue weighted by molar-refractivity contribution is 5.73. The van der Waals surface area contributed by atoms with Gasteiger partial charge in [0.2, 0.25) is 0 Å². The lowest BCUT2D eigenvalue weighted by atomic mass is 10.0. The van der Waals surface area contributed by atoms with E-state index in [2.05, 4.69) is 10.1 Å². The lowest BCUT2D eigenvalue weighted by molar-refractivity contribution is -0.142. The number of methoxy groups -OCH3 is 1. The van der Waals surface area contributed by atoms with E-state index in [-0.39, 0.29) is 24.9 Å². The van der Waals surface area contributed by atoms with Gasteiger partial charge >= 0.3 is 11.9 Å². The molecule has 0 saturated heterocycles. The fraction of sp³-hybridized carbons (Fsp3) is 0.429. The smallest absolute Gasteiger partial charge is 0.319 e. The molecular weight excluding hydrogens is 246 g/mol. The van der Waals surface area contributed by atoms with Gasteiger partial charge in [0.15, 0.2) is 0 Å². The maximum atomic E-state index is 11.3. The van der Waals surface area contributed by atoms with Gasteiger partial charge in [-0.1, -0.05) is 24.3 Å². The van der Waals surface area contributed by atoms with Gasteiger partial charge < -0.3 is 14.8 Å². The van der Waals surface area contributed by atoms with Crippen LogP contribution in [0.2, 0.25) is 0 Å². The number of nitrogens with one attached hydrogen (secondary N) is 1. The first kappa shape index (κ1) is 15.2. The van der Waals surface area contributed by atoms with Crippen molar-refractivity contribution in [1.29, 1.82) is 0 Å². The molecule has 0 amide bonds. The summed E-state index contributed by atoms with van der Waals surface area (Å²) < 4.78 is 9.47. The van der Waals surface area contributed by atoms with Gasteiger partial charge in [-0.2, -0.15) is 0 Å². The molecule has 0 bridgehead atoms. The molecule has 1 N–H and O–H groups in total. The summed E-state index contributed by atoms with van der Waals surface area (Å²) in [7, 11) is 1.37. The molecule has 1 aromatic carbocycles. The Morgan fingerprint density at radius 2 is 1.84 bits per heavy atom. The van der Waals surface area contributed by atoms with Crippen LogP contribution < -0.4 is 5.32 Å². The van der Waals surface area contributed by atoms with E-state index in [1.54, 1.807) is 6.92 Å². The topological polar surface area (TPSA) is 64.6 Å². The van der Waals surface area contributed by atoms with Crippen molar-refractivity contribution in [3.05, 3.63) is 35.4 Å². The van der Waals surface area contributed by atoms with E-state index >= 15 is 0 Å². The number of esters is 2. The first-order valence-corrected chi connectivity index (χ1v) is 6.17. The molecule has 0 aliphatic heterocycles. The number of carbonyl (C=O) groups excluding carboxylic acids is 2. The van der Waals surface area contributed by atoms with E-state index in [9.17, 15) is 9.59 Å². The Hall–Kier alpha value is -1.88. The van der Waals surface area contributed by atoms with Gasteiger partial charge in [-0.3, -0.25) is 9.59 Å². The van der Waals surface area contributed by atoms with Crippen molar-refractivity contribution in [1.82, 2.24) is 5.32 Å². The summed E-state index contributed by atoms with van der Waals surface area (Å²) >= 11 is 0. The zero-order valence-electron chi connectivity index (χ0n) is 11.3. The fourth-order valence-electron chi connectivity index (χ4n) is 1.64. The summed E-state index contributed by atoms with van der Waals surface area (Å²) in [5, 5.41) is 2.99. The fourth-order valence-corrected chi connectivity index (χ4v) is 1.64. The second-order valence-corrected chi connectivity index (χ2v) is 3.93. The second-order valence-electron chi connectivity index (χ2n) is 3.93. The van der Waals surface area contributed by atoms with E-state index in [0.717, 1.165) is 11.1 Å². The highest BCUT2D eigenvalue weighted by Crippen LogP contribution is 2.09. The Morgan fingerprint density at radius 3 is 2.47 bits per heavy atom. The monoisotopic (exact) mass is 265 g/mol. The number of hydrogen-bond donors (Lipinski definition) is 1. The quantitative estimate of drug-likeness (QED) is 0.747. The average molecular weight is 265 g/mol. The van der Waals surface area contributed by atoms with Gasteiger partial charge in [0.25, 0.3) is 0 Å². The number of rotatable bonds is 7.